The summed E-state index contributed by atoms with van der Waals surface area (Å²) in [6, 6.07) is 8.95. The number of hydrogen-bond donors (Lipinski definition) is 1. The van der Waals surface area contributed by atoms with Crippen molar-refractivity contribution < 1.29 is 27.1 Å². The second kappa shape index (κ2) is 6.90. The van der Waals surface area contributed by atoms with Gasteiger partial charge in [0.15, 0.2) is 5.76 Å². The fourth-order valence-corrected chi connectivity index (χ4v) is 3.17. The lowest BCUT2D eigenvalue weighted by molar-refractivity contribution is -0.274. The van der Waals surface area contributed by atoms with Crippen molar-refractivity contribution in [1.29, 1.82) is 0 Å². The maximum atomic E-state index is 12.9. The largest absolute Gasteiger partial charge is 0.573 e. The highest BCUT2D eigenvalue weighted by molar-refractivity contribution is 6.14. The number of anilines is 1. The number of alkyl halides is 3. The molecule has 10 heteroatoms. The van der Waals surface area contributed by atoms with Gasteiger partial charge in [0, 0.05) is 12.6 Å². The second-order valence-electron chi connectivity index (χ2n) is 6.54. The molecule has 0 atom stereocenters. The number of furan rings is 1. The average Bonchev–Trinajstić information content (AvgIpc) is 3.19. The van der Waals surface area contributed by atoms with Gasteiger partial charge < -0.3 is 19.8 Å². The van der Waals surface area contributed by atoms with Crippen molar-refractivity contribution in [3.05, 3.63) is 59.0 Å². The molecule has 4 rings (SSSR count). The standard InChI is InChI=1S/C20H15F3N4O3/c1-10-7-8-14(29-10)17-15-16(25-19(24)26-17)12(27(2)18(15)28)9-11-5-3-4-6-13(11)30-20(21,22)23/h3-9H,1-2H3,(H2,24,25,26)/b12-9-. The Balaban J connectivity index is 1.89. The highest BCUT2D eigenvalue weighted by atomic mass is 19.4. The quantitative estimate of drug-likeness (QED) is 0.691. The molecule has 7 nitrogen and oxygen atoms in total. The van der Waals surface area contributed by atoms with Gasteiger partial charge in [-0.15, -0.1) is 13.2 Å². The van der Waals surface area contributed by atoms with Crippen molar-refractivity contribution in [2.24, 2.45) is 0 Å². The first kappa shape index (κ1) is 19.5. The van der Waals surface area contributed by atoms with Gasteiger partial charge in [-0.3, -0.25) is 4.79 Å². The van der Waals surface area contributed by atoms with Gasteiger partial charge in [-0.05, 0) is 31.2 Å². The van der Waals surface area contributed by atoms with Crippen LogP contribution >= 0.6 is 0 Å². The Morgan fingerprint density at radius 2 is 1.83 bits per heavy atom. The summed E-state index contributed by atoms with van der Waals surface area (Å²) in [6.45, 7) is 1.74. The fourth-order valence-electron chi connectivity index (χ4n) is 3.17. The molecule has 3 aromatic rings. The Morgan fingerprint density at radius 1 is 1.13 bits per heavy atom. The van der Waals surface area contributed by atoms with E-state index < -0.39 is 18.0 Å². The number of hydrogen-bond acceptors (Lipinski definition) is 6. The predicted octanol–water partition coefficient (Wildman–Crippen LogP) is 4.11. The van der Waals surface area contributed by atoms with E-state index in [2.05, 4.69) is 14.7 Å². The minimum atomic E-state index is -4.86. The molecule has 0 bridgehead atoms. The van der Waals surface area contributed by atoms with Gasteiger partial charge >= 0.3 is 6.36 Å². The number of aromatic nitrogens is 2. The van der Waals surface area contributed by atoms with Gasteiger partial charge in [0.1, 0.15) is 22.9 Å². The maximum absolute atomic E-state index is 12.9. The van der Waals surface area contributed by atoms with Crippen molar-refractivity contribution in [3.8, 4) is 17.2 Å². The van der Waals surface area contributed by atoms with E-state index in [-0.39, 0.29) is 34.2 Å². The van der Waals surface area contributed by atoms with E-state index in [4.69, 9.17) is 10.2 Å². The lowest BCUT2D eigenvalue weighted by Gasteiger charge is -2.14. The monoisotopic (exact) mass is 416 g/mol. The molecule has 1 aromatic carbocycles. The zero-order valence-corrected chi connectivity index (χ0v) is 15.8. The summed E-state index contributed by atoms with van der Waals surface area (Å²) in [5.41, 5.74) is 6.78. The smallest absolute Gasteiger partial charge is 0.460 e. The Morgan fingerprint density at radius 3 is 2.50 bits per heavy atom. The molecule has 0 radical (unpaired) electrons. The molecule has 0 saturated heterocycles. The van der Waals surface area contributed by atoms with Gasteiger partial charge in [-0.25, -0.2) is 9.97 Å². The Labute approximate surface area is 168 Å². The molecule has 3 heterocycles. The number of halogens is 3. The summed E-state index contributed by atoms with van der Waals surface area (Å²) in [5, 5.41) is 0. The number of fused-ring (bicyclic) bond motifs is 1. The molecule has 0 saturated carbocycles. The van der Waals surface area contributed by atoms with Crippen LogP contribution in [0.4, 0.5) is 19.1 Å². The number of rotatable bonds is 3. The van der Waals surface area contributed by atoms with Crippen LogP contribution in [0.3, 0.4) is 0 Å². The lowest BCUT2D eigenvalue weighted by atomic mass is 10.1. The van der Waals surface area contributed by atoms with E-state index in [0.717, 1.165) is 0 Å². The number of aryl methyl sites for hydroxylation is 1. The van der Waals surface area contributed by atoms with Crippen molar-refractivity contribution in [3.63, 3.8) is 0 Å². The topological polar surface area (TPSA) is 94.5 Å². The number of ether oxygens (including phenoxy) is 1. The van der Waals surface area contributed by atoms with Gasteiger partial charge in [0.05, 0.1) is 11.3 Å². The Hall–Kier alpha value is -3.82. The summed E-state index contributed by atoms with van der Waals surface area (Å²) in [6.07, 6.45) is -3.48. The Bertz CT molecular complexity index is 1180. The number of amides is 1. The van der Waals surface area contributed by atoms with Gasteiger partial charge in [0.2, 0.25) is 5.95 Å². The van der Waals surface area contributed by atoms with Crippen molar-refractivity contribution in [2.45, 2.75) is 13.3 Å². The fraction of sp³-hybridized carbons (Fsp3) is 0.150. The van der Waals surface area contributed by atoms with Gasteiger partial charge in [-0.1, -0.05) is 18.2 Å². The van der Waals surface area contributed by atoms with Crippen LogP contribution in [-0.2, 0) is 0 Å². The van der Waals surface area contributed by atoms with Crippen LogP contribution in [0.2, 0.25) is 0 Å². The Kier molecular flexibility index (Phi) is 4.49. The van der Waals surface area contributed by atoms with Gasteiger partial charge in [-0.2, -0.15) is 0 Å². The van der Waals surface area contributed by atoms with Crippen molar-refractivity contribution in [2.75, 3.05) is 12.8 Å². The number of carbonyl (C=O) groups is 1. The number of nitrogen functional groups attached to an aromatic ring is 1. The molecular weight excluding hydrogens is 401 g/mol. The third-order valence-corrected chi connectivity index (χ3v) is 4.46. The minimum absolute atomic E-state index is 0.105. The zero-order valence-electron chi connectivity index (χ0n) is 15.8. The molecule has 0 aliphatic carbocycles. The van der Waals surface area contributed by atoms with Crippen LogP contribution in [0.25, 0.3) is 23.2 Å². The third-order valence-electron chi connectivity index (χ3n) is 4.46. The summed E-state index contributed by atoms with van der Waals surface area (Å²) in [7, 11) is 1.48. The minimum Gasteiger partial charge on any atom is -0.460 e. The normalized spacial score (nSPS) is 15.0. The van der Waals surface area contributed by atoms with Crippen LogP contribution in [0.5, 0.6) is 5.75 Å². The second-order valence-corrected chi connectivity index (χ2v) is 6.54. The van der Waals surface area contributed by atoms with Crippen LogP contribution in [-0.4, -0.2) is 34.2 Å². The summed E-state index contributed by atoms with van der Waals surface area (Å²) in [4.78, 5) is 22.5. The van der Waals surface area contributed by atoms with Crippen molar-refractivity contribution >= 4 is 23.6 Å². The number of benzene rings is 1. The molecule has 0 spiro atoms. The highest BCUT2D eigenvalue weighted by Crippen LogP contribution is 2.39. The molecular formula is C20H15F3N4O3. The molecule has 1 amide bonds. The molecule has 1 aliphatic rings. The van der Waals surface area contributed by atoms with E-state index in [1.807, 2.05) is 0 Å². The third kappa shape index (κ3) is 3.47. The van der Waals surface area contributed by atoms with E-state index in [1.54, 1.807) is 25.1 Å². The lowest BCUT2D eigenvalue weighted by Crippen LogP contribution is -2.18. The van der Waals surface area contributed by atoms with Crippen molar-refractivity contribution in [1.82, 2.24) is 14.9 Å². The zero-order chi connectivity index (χ0) is 21.6. The number of carbonyl (C=O) groups excluding carboxylic acids is 1. The SMILES string of the molecule is Cc1ccc(-c2nc(N)nc3c2C(=O)N(C)/C3=C\c2ccccc2OC(F)(F)F)o1. The summed E-state index contributed by atoms with van der Waals surface area (Å²) < 4.78 is 47.9. The summed E-state index contributed by atoms with van der Waals surface area (Å²) >= 11 is 0. The highest BCUT2D eigenvalue weighted by Gasteiger charge is 2.37. The van der Waals surface area contributed by atoms with Gasteiger partial charge in [0.25, 0.3) is 5.91 Å². The molecule has 1 aliphatic heterocycles. The summed E-state index contributed by atoms with van der Waals surface area (Å²) in [5.74, 6) is 0.00208. The first-order valence-electron chi connectivity index (χ1n) is 8.73. The predicted molar refractivity (Wildman–Crippen MR) is 102 cm³/mol. The molecule has 2 N–H and O–H groups in total. The molecule has 0 fully saturated rings. The van der Waals surface area contributed by atoms with E-state index in [1.165, 1.54) is 36.2 Å². The first-order valence-corrected chi connectivity index (χ1v) is 8.73. The molecule has 154 valence electrons. The van der Waals surface area contributed by atoms with E-state index in [9.17, 15) is 18.0 Å². The average molecular weight is 416 g/mol. The van der Waals surface area contributed by atoms with Crippen LogP contribution in [0, 0.1) is 6.92 Å². The van der Waals surface area contributed by atoms with Crippen LogP contribution < -0.4 is 10.5 Å². The first-order chi connectivity index (χ1) is 14.1. The van der Waals surface area contributed by atoms with Crippen LogP contribution in [0.1, 0.15) is 27.4 Å². The number of nitrogens with two attached hydrogens (primary N) is 1. The number of nitrogens with zero attached hydrogens (tertiary/aromatic N) is 3. The van der Waals surface area contributed by atoms with E-state index >= 15 is 0 Å². The molecule has 2 aromatic heterocycles. The maximum Gasteiger partial charge on any atom is 0.573 e. The van der Waals surface area contributed by atoms with E-state index in [0.29, 0.717) is 11.5 Å². The van der Waals surface area contributed by atoms with Crippen LogP contribution in [0.15, 0.2) is 40.8 Å². The number of para-hydroxylation sites is 1. The molecule has 0 unspecified atom stereocenters. The molecule has 30 heavy (non-hydrogen) atoms.